The van der Waals surface area contributed by atoms with Crippen molar-refractivity contribution in [2.24, 2.45) is 0 Å². The number of esters is 2. The van der Waals surface area contributed by atoms with Gasteiger partial charge in [0.2, 0.25) is 0 Å². The minimum absolute atomic E-state index is 0.154. The standard InChI is InChI=1S/C21H25NO6S/c1-5-14-9-8-10-15(11-14)28-12-16(23)22-19-17(20(24)26-6-2)13(4)18(29-19)21(25)27-7-3/h8-11H,5-7,12H2,1-4H3,(H,22,23). The molecule has 0 bridgehead atoms. The highest BCUT2D eigenvalue weighted by atomic mass is 32.1. The first kappa shape index (κ1) is 22.4. The molecule has 0 unspecified atom stereocenters. The summed E-state index contributed by atoms with van der Waals surface area (Å²) in [5, 5.41) is 2.89. The van der Waals surface area contributed by atoms with Gasteiger partial charge in [0, 0.05) is 0 Å². The average Bonchev–Trinajstić information content (AvgIpc) is 3.03. The van der Waals surface area contributed by atoms with Gasteiger partial charge in [-0.1, -0.05) is 19.1 Å². The van der Waals surface area contributed by atoms with Gasteiger partial charge < -0.3 is 19.5 Å². The van der Waals surface area contributed by atoms with E-state index in [1.54, 1.807) is 26.8 Å². The van der Waals surface area contributed by atoms with Gasteiger partial charge in [0.1, 0.15) is 15.6 Å². The molecule has 0 aliphatic heterocycles. The first-order valence-corrected chi connectivity index (χ1v) is 10.2. The summed E-state index contributed by atoms with van der Waals surface area (Å²) in [6.07, 6.45) is 0.859. The number of anilines is 1. The number of rotatable bonds is 9. The van der Waals surface area contributed by atoms with Gasteiger partial charge in [-0.3, -0.25) is 4.79 Å². The molecule has 0 aliphatic carbocycles. The fourth-order valence-corrected chi connectivity index (χ4v) is 3.71. The monoisotopic (exact) mass is 419 g/mol. The highest BCUT2D eigenvalue weighted by molar-refractivity contribution is 7.18. The summed E-state index contributed by atoms with van der Waals surface area (Å²) < 4.78 is 15.6. The van der Waals surface area contributed by atoms with Gasteiger partial charge >= 0.3 is 11.9 Å². The summed E-state index contributed by atoms with van der Waals surface area (Å²) in [6.45, 7) is 7.18. The van der Waals surface area contributed by atoms with Crippen molar-refractivity contribution in [3.8, 4) is 5.75 Å². The molecule has 1 N–H and O–H groups in total. The Morgan fingerprint density at radius 3 is 2.38 bits per heavy atom. The van der Waals surface area contributed by atoms with Crippen LogP contribution in [0.1, 0.15) is 51.9 Å². The Labute approximate surface area is 174 Å². The Morgan fingerprint density at radius 1 is 1.03 bits per heavy atom. The lowest BCUT2D eigenvalue weighted by molar-refractivity contribution is -0.118. The van der Waals surface area contributed by atoms with Crippen molar-refractivity contribution in [2.45, 2.75) is 34.1 Å². The molecular formula is C21H25NO6S. The van der Waals surface area contributed by atoms with Crippen molar-refractivity contribution in [3.63, 3.8) is 0 Å². The number of hydrogen-bond donors (Lipinski definition) is 1. The van der Waals surface area contributed by atoms with Crippen LogP contribution in [0.15, 0.2) is 24.3 Å². The third-order valence-corrected chi connectivity index (χ3v) is 5.20. The van der Waals surface area contributed by atoms with E-state index in [4.69, 9.17) is 14.2 Å². The normalized spacial score (nSPS) is 10.3. The van der Waals surface area contributed by atoms with E-state index in [0.29, 0.717) is 11.3 Å². The Balaban J connectivity index is 2.18. The summed E-state index contributed by atoms with van der Waals surface area (Å²) in [7, 11) is 0. The third kappa shape index (κ3) is 5.80. The van der Waals surface area contributed by atoms with Crippen LogP contribution in [0.4, 0.5) is 5.00 Å². The largest absolute Gasteiger partial charge is 0.484 e. The van der Waals surface area contributed by atoms with Crippen LogP contribution in [0.2, 0.25) is 0 Å². The minimum atomic E-state index is -0.608. The van der Waals surface area contributed by atoms with Crippen molar-refractivity contribution >= 4 is 34.2 Å². The zero-order valence-corrected chi connectivity index (χ0v) is 17.8. The number of hydrogen-bond acceptors (Lipinski definition) is 7. The van der Waals surface area contributed by atoms with E-state index in [9.17, 15) is 14.4 Å². The third-order valence-electron chi connectivity index (χ3n) is 4.02. The number of carbonyl (C=O) groups excluding carboxylic acids is 3. The molecule has 156 valence electrons. The van der Waals surface area contributed by atoms with Crippen molar-refractivity contribution in [3.05, 3.63) is 45.8 Å². The van der Waals surface area contributed by atoms with Crippen LogP contribution in [-0.4, -0.2) is 37.7 Å². The number of aryl methyl sites for hydroxylation is 1. The van der Waals surface area contributed by atoms with Crippen LogP contribution >= 0.6 is 11.3 Å². The molecule has 2 rings (SSSR count). The lowest BCUT2D eigenvalue weighted by Gasteiger charge is -2.09. The fourth-order valence-electron chi connectivity index (χ4n) is 2.61. The molecule has 0 fully saturated rings. The maximum Gasteiger partial charge on any atom is 0.348 e. The number of ether oxygens (including phenoxy) is 3. The highest BCUT2D eigenvalue weighted by Crippen LogP contribution is 2.34. The molecule has 0 saturated heterocycles. The summed E-state index contributed by atoms with van der Waals surface area (Å²) >= 11 is 0.982. The number of amides is 1. The van der Waals surface area contributed by atoms with Gasteiger partial charge in [0.15, 0.2) is 6.61 Å². The highest BCUT2D eigenvalue weighted by Gasteiger charge is 2.27. The molecule has 29 heavy (non-hydrogen) atoms. The van der Waals surface area contributed by atoms with E-state index in [1.165, 1.54) is 0 Å². The predicted octanol–water partition coefficient (Wildman–Crippen LogP) is 3.99. The quantitative estimate of drug-likeness (QED) is 0.618. The maximum absolute atomic E-state index is 12.4. The molecule has 8 heteroatoms. The van der Waals surface area contributed by atoms with Crippen LogP contribution in [0, 0.1) is 6.92 Å². The first-order valence-electron chi connectivity index (χ1n) is 9.40. The molecule has 0 atom stereocenters. The second kappa shape index (κ2) is 10.6. The zero-order valence-electron chi connectivity index (χ0n) is 17.0. The summed E-state index contributed by atoms with van der Waals surface area (Å²) in [5.74, 6) is -1.02. The van der Waals surface area contributed by atoms with Gasteiger partial charge in [-0.05, 0) is 50.5 Å². The molecule has 7 nitrogen and oxygen atoms in total. The predicted molar refractivity (Wildman–Crippen MR) is 111 cm³/mol. The molecule has 1 heterocycles. The van der Waals surface area contributed by atoms with Crippen molar-refractivity contribution in [1.82, 2.24) is 0 Å². The number of carbonyl (C=O) groups is 3. The van der Waals surface area contributed by atoms with Gasteiger partial charge in [-0.15, -0.1) is 11.3 Å². The van der Waals surface area contributed by atoms with E-state index in [2.05, 4.69) is 5.32 Å². The van der Waals surface area contributed by atoms with E-state index in [1.807, 2.05) is 25.1 Å². The topological polar surface area (TPSA) is 90.9 Å². The molecule has 1 aromatic carbocycles. The Bertz CT molecular complexity index is 889. The lowest BCUT2D eigenvalue weighted by atomic mass is 10.1. The fraction of sp³-hybridized carbons (Fsp3) is 0.381. The van der Waals surface area contributed by atoms with Crippen molar-refractivity contribution in [1.29, 1.82) is 0 Å². The van der Waals surface area contributed by atoms with E-state index in [-0.39, 0.29) is 35.3 Å². The van der Waals surface area contributed by atoms with Crippen LogP contribution in [0.25, 0.3) is 0 Å². The summed E-state index contributed by atoms with van der Waals surface area (Å²) in [6, 6.07) is 7.47. The van der Waals surface area contributed by atoms with Crippen molar-refractivity contribution in [2.75, 3.05) is 25.1 Å². The number of nitrogens with one attached hydrogen (secondary N) is 1. The molecule has 0 spiro atoms. The van der Waals surface area contributed by atoms with Gasteiger partial charge in [-0.2, -0.15) is 0 Å². The molecule has 0 saturated carbocycles. The first-order chi connectivity index (χ1) is 13.9. The smallest absolute Gasteiger partial charge is 0.348 e. The average molecular weight is 419 g/mol. The summed E-state index contributed by atoms with van der Waals surface area (Å²) in [4.78, 5) is 37.2. The SMILES string of the molecule is CCOC(=O)c1sc(NC(=O)COc2cccc(CC)c2)c(C(=O)OCC)c1C. The van der Waals surface area contributed by atoms with E-state index in [0.717, 1.165) is 23.3 Å². The maximum atomic E-state index is 12.4. The molecule has 0 aliphatic rings. The second-order valence-corrected chi connectivity index (χ2v) is 7.06. The van der Waals surface area contributed by atoms with Crippen molar-refractivity contribution < 1.29 is 28.6 Å². The second-order valence-electron chi connectivity index (χ2n) is 6.04. The van der Waals surface area contributed by atoms with E-state index < -0.39 is 17.8 Å². The number of thiophene rings is 1. The molecule has 1 amide bonds. The molecule has 0 radical (unpaired) electrons. The van der Waals surface area contributed by atoms with Crippen LogP contribution < -0.4 is 10.1 Å². The van der Waals surface area contributed by atoms with Gasteiger partial charge in [0.25, 0.3) is 5.91 Å². The van der Waals surface area contributed by atoms with Crippen LogP contribution in [0.3, 0.4) is 0 Å². The minimum Gasteiger partial charge on any atom is -0.484 e. The zero-order chi connectivity index (χ0) is 21.4. The van der Waals surface area contributed by atoms with Gasteiger partial charge in [-0.25, -0.2) is 9.59 Å². The Kier molecular flexibility index (Phi) is 8.21. The Hall–Kier alpha value is -2.87. The number of benzene rings is 1. The van der Waals surface area contributed by atoms with Gasteiger partial charge in [0.05, 0.1) is 18.8 Å². The van der Waals surface area contributed by atoms with E-state index >= 15 is 0 Å². The lowest BCUT2D eigenvalue weighted by Crippen LogP contribution is -2.21. The van der Waals surface area contributed by atoms with Crippen LogP contribution in [-0.2, 0) is 20.7 Å². The summed E-state index contributed by atoms with van der Waals surface area (Å²) in [5.41, 5.74) is 1.67. The Morgan fingerprint density at radius 2 is 1.72 bits per heavy atom. The molecular weight excluding hydrogens is 394 g/mol. The molecule has 1 aromatic heterocycles. The molecule has 2 aromatic rings. The van der Waals surface area contributed by atoms with Crippen LogP contribution in [0.5, 0.6) is 5.75 Å².